The van der Waals surface area contributed by atoms with E-state index in [4.69, 9.17) is 0 Å². The van der Waals surface area contributed by atoms with Crippen LogP contribution in [0.1, 0.15) is 46.0 Å². The van der Waals surface area contributed by atoms with Gasteiger partial charge in [-0.05, 0) is 19.8 Å². The van der Waals surface area contributed by atoms with E-state index in [-0.39, 0.29) is 11.9 Å². The minimum Gasteiger partial charge on any atom is -0.337 e. The molecule has 1 saturated heterocycles. The molecule has 3 nitrogen and oxygen atoms in total. The molecule has 0 aromatic rings. The largest absolute Gasteiger partial charge is 0.337 e. The molecule has 2 fully saturated rings. The summed E-state index contributed by atoms with van der Waals surface area (Å²) in [5, 5.41) is 9.97. The number of carbonyl (C=O) groups excluding carboxylic acids is 1. The van der Waals surface area contributed by atoms with Crippen molar-refractivity contribution in [1.29, 1.82) is 5.26 Å². The molecule has 0 radical (unpaired) electrons. The van der Waals surface area contributed by atoms with Crippen LogP contribution >= 0.6 is 11.8 Å². The number of nitrogens with zero attached hydrogens (tertiary/aromatic N) is 2. The smallest absolute Gasteiger partial charge is 0.243 e. The Hall–Kier alpha value is -0.690. The van der Waals surface area contributed by atoms with Crippen LogP contribution in [0.25, 0.3) is 0 Å². The Labute approximate surface area is 114 Å². The van der Waals surface area contributed by atoms with Gasteiger partial charge in [0.2, 0.25) is 5.91 Å². The number of thioether (sulfide) groups is 1. The molecule has 4 heteroatoms. The van der Waals surface area contributed by atoms with Gasteiger partial charge in [-0.25, -0.2) is 0 Å². The maximum absolute atomic E-state index is 12.8. The molecule has 1 amide bonds. The second kappa shape index (κ2) is 5.52. The number of hydrogen-bond donors (Lipinski definition) is 0. The fourth-order valence-corrected chi connectivity index (χ4v) is 4.12. The van der Waals surface area contributed by atoms with Gasteiger partial charge in [-0.2, -0.15) is 17.0 Å². The SMILES string of the molecule is C[C@@H]1SCCN(C(=O)C2(C#N)CCCCC2)[C@H]1C. The molecular formula is C14H22N2OS. The lowest BCUT2D eigenvalue weighted by atomic mass is 9.74. The third-order valence-corrected chi connectivity index (χ3v) is 5.81. The van der Waals surface area contributed by atoms with Crippen LogP contribution in [0.2, 0.25) is 0 Å². The summed E-state index contributed by atoms with van der Waals surface area (Å²) in [6.45, 7) is 5.09. The molecule has 1 aliphatic carbocycles. The standard InChI is InChI=1S/C14H22N2OS/c1-11-12(2)18-9-8-16(11)13(17)14(10-15)6-4-3-5-7-14/h11-12H,3-9H2,1-2H3/t11-,12-/m0/s1. The topological polar surface area (TPSA) is 44.1 Å². The highest BCUT2D eigenvalue weighted by molar-refractivity contribution is 8.00. The van der Waals surface area contributed by atoms with Gasteiger partial charge in [-0.3, -0.25) is 4.79 Å². The van der Waals surface area contributed by atoms with Gasteiger partial charge < -0.3 is 4.90 Å². The molecule has 0 N–H and O–H groups in total. The molecule has 0 spiro atoms. The summed E-state index contributed by atoms with van der Waals surface area (Å²) in [5.74, 6) is 1.10. The highest BCUT2D eigenvalue weighted by Gasteiger charge is 2.44. The van der Waals surface area contributed by atoms with Crippen LogP contribution in [0.3, 0.4) is 0 Å². The monoisotopic (exact) mass is 266 g/mol. The summed E-state index contributed by atoms with van der Waals surface area (Å²) in [4.78, 5) is 14.7. The van der Waals surface area contributed by atoms with Gasteiger partial charge in [0.1, 0.15) is 5.41 Å². The van der Waals surface area contributed by atoms with E-state index in [9.17, 15) is 10.1 Å². The molecule has 100 valence electrons. The Morgan fingerprint density at radius 1 is 1.33 bits per heavy atom. The van der Waals surface area contributed by atoms with Crippen molar-refractivity contribution in [2.75, 3.05) is 12.3 Å². The van der Waals surface area contributed by atoms with Crippen molar-refractivity contribution in [3.63, 3.8) is 0 Å². The molecule has 2 atom stereocenters. The predicted octanol–water partition coefficient (Wildman–Crippen LogP) is 2.81. The average molecular weight is 266 g/mol. The Bertz CT molecular complexity index is 357. The summed E-state index contributed by atoms with van der Waals surface area (Å²) in [6, 6.07) is 2.61. The summed E-state index contributed by atoms with van der Waals surface area (Å²) < 4.78 is 0. The van der Waals surface area contributed by atoms with Crippen LogP contribution in [0.5, 0.6) is 0 Å². The molecule has 1 aliphatic heterocycles. The molecular weight excluding hydrogens is 244 g/mol. The summed E-state index contributed by atoms with van der Waals surface area (Å²) in [6.07, 6.45) is 4.72. The van der Waals surface area contributed by atoms with Gasteiger partial charge >= 0.3 is 0 Å². The van der Waals surface area contributed by atoms with Crippen molar-refractivity contribution in [2.24, 2.45) is 5.41 Å². The van der Waals surface area contributed by atoms with Crippen LogP contribution in [-0.2, 0) is 4.79 Å². The second-order valence-corrected chi connectivity index (χ2v) is 7.05. The zero-order chi connectivity index (χ0) is 13.2. The third kappa shape index (κ3) is 2.38. The molecule has 0 aromatic carbocycles. The molecule has 1 heterocycles. The van der Waals surface area contributed by atoms with E-state index in [1.807, 2.05) is 16.7 Å². The molecule has 2 aliphatic rings. The molecule has 0 unspecified atom stereocenters. The summed E-state index contributed by atoms with van der Waals surface area (Å²) in [5.41, 5.74) is -0.714. The fraction of sp³-hybridized carbons (Fsp3) is 0.857. The highest BCUT2D eigenvalue weighted by atomic mass is 32.2. The van der Waals surface area contributed by atoms with Crippen molar-refractivity contribution < 1.29 is 4.79 Å². The zero-order valence-corrected chi connectivity index (χ0v) is 12.1. The van der Waals surface area contributed by atoms with E-state index < -0.39 is 5.41 Å². The summed E-state index contributed by atoms with van der Waals surface area (Å²) >= 11 is 1.92. The fourth-order valence-electron chi connectivity index (χ4n) is 3.02. The maximum atomic E-state index is 12.8. The lowest BCUT2D eigenvalue weighted by molar-refractivity contribution is -0.142. The van der Waals surface area contributed by atoms with E-state index in [1.54, 1.807) is 0 Å². The minimum atomic E-state index is -0.714. The highest BCUT2D eigenvalue weighted by Crippen LogP contribution is 2.39. The molecule has 0 aromatic heterocycles. The first-order valence-corrected chi connectivity index (χ1v) is 7.99. The first-order chi connectivity index (χ1) is 8.60. The van der Waals surface area contributed by atoms with Crippen LogP contribution < -0.4 is 0 Å². The molecule has 2 rings (SSSR count). The van der Waals surface area contributed by atoms with Crippen LogP contribution in [-0.4, -0.2) is 34.4 Å². The van der Waals surface area contributed by atoms with Crippen LogP contribution in [0, 0.1) is 16.7 Å². The average Bonchev–Trinajstić information content (AvgIpc) is 2.42. The predicted molar refractivity (Wildman–Crippen MR) is 74.2 cm³/mol. The lowest BCUT2D eigenvalue weighted by Gasteiger charge is -2.42. The number of carbonyl (C=O) groups is 1. The molecule has 18 heavy (non-hydrogen) atoms. The quantitative estimate of drug-likeness (QED) is 0.733. The number of nitriles is 1. The minimum absolute atomic E-state index is 0.101. The Kier molecular flexibility index (Phi) is 4.21. The third-order valence-electron chi connectivity index (χ3n) is 4.48. The van der Waals surface area contributed by atoms with Gasteiger partial charge in [-0.1, -0.05) is 26.2 Å². The Morgan fingerprint density at radius 3 is 2.61 bits per heavy atom. The molecule has 0 bridgehead atoms. The van der Waals surface area contributed by atoms with Crippen molar-refractivity contribution in [1.82, 2.24) is 4.90 Å². The van der Waals surface area contributed by atoms with Gasteiger partial charge in [0.15, 0.2) is 0 Å². The first-order valence-electron chi connectivity index (χ1n) is 6.95. The van der Waals surface area contributed by atoms with Crippen molar-refractivity contribution >= 4 is 17.7 Å². The molecule has 1 saturated carbocycles. The van der Waals surface area contributed by atoms with Gasteiger partial charge in [0.25, 0.3) is 0 Å². The van der Waals surface area contributed by atoms with Crippen LogP contribution in [0.4, 0.5) is 0 Å². The van der Waals surface area contributed by atoms with E-state index in [2.05, 4.69) is 19.9 Å². The van der Waals surface area contributed by atoms with Crippen molar-refractivity contribution in [2.45, 2.75) is 57.2 Å². The second-order valence-electron chi connectivity index (χ2n) is 5.57. The van der Waals surface area contributed by atoms with E-state index in [0.29, 0.717) is 5.25 Å². The normalized spacial score (nSPS) is 31.7. The van der Waals surface area contributed by atoms with Crippen molar-refractivity contribution in [3.05, 3.63) is 0 Å². The van der Waals surface area contributed by atoms with E-state index in [0.717, 1.165) is 38.0 Å². The summed E-state index contributed by atoms with van der Waals surface area (Å²) in [7, 11) is 0. The zero-order valence-electron chi connectivity index (χ0n) is 11.3. The van der Waals surface area contributed by atoms with Crippen LogP contribution in [0.15, 0.2) is 0 Å². The Morgan fingerprint density at radius 2 is 2.00 bits per heavy atom. The van der Waals surface area contributed by atoms with Crippen molar-refractivity contribution in [3.8, 4) is 6.07 Å². The van der Waals surface area contributed by atoms with E-state index >= 15 is 0 Å². The number of hydrogen-bond acceptors (Lipinski definition) is 3. The maximum Gasteiger partial charge on any atom is 0.243 e. The van der Waals surface area contributed by atoms with Gasteiger partial charge in [0, 0.05) is 23.6 Å². The number of rotatable bonds is 1. The van der Waals surface area contributed by atoms with E-state index in [1.165, 1.54) is 6.42 Å². The Balaban J connectivity index is 2.16. The lowest BCUT2D eigenvalue weighted by Crippen LogP contribution is -2.53. The number of amides is 1. The van der Waals surface area contributed by atoms with Gasteiger partial charge in [-0.15, -0.1) is 0 Å². The van der Waals surface area contributed by atoms with Gasteiger partial charge in [0.05, 0.1) is 6.07 Å². The first kappa shape index (κ1) is 13.7.